The van der Waals surface area contributed by atoms with Gasteiger partial charge in [-0.2, -0.15) is 5.10 Å². The van der Waals surface area contributed by atoms with Gasteiger partial charge in [-0.1, -0.05) is 0 Å². The third-order valence-corrected chi connectivity index (χ3v) is 3.33. The first-order valence-electron chi connectivity index (χ1n) is 7.10. The minimum atomic E-state index is -0.968. The molecule has 0 aliphatic carbocycles. The summed E-state index contributed by atoms with van der Waals surface area (Å²) < 4.78 is 4.89. The molecule has 0 radical (unpaired) electrons. The predicted molar refractivity (Wildman–Crippen MR) is 91.1 cm³/mol. The number of non-ortho nitro benzene ring substituents is 1. The molecule has 2 aromatic carbocycles. The second-order valence-corrected chi connectivity index (χ2v) is 5.00. The summed E-state index contributed by atoms with van der Waals surface area (Å²) in [6, 6.07) is 5.10. The van der Waals surface area contributed by atoms with E-state index in [2.05, 4.69) is 5.10 Å². The van der Waals surface area contributed by atoms with Crippen molar-refractivity contribution < 1.29 is 29.6 Å². The number of nitrogens with zero attached hydrogens (tertiary/aromatic N) is 3. The van der Waals surface area contributed by atoms with Crippen LogP contribution in [0, 0.1) is 20.2 Å². The molecule has 0 unspecified atom stereocenters. The van der Waals surface area contributed by atoms with Crippen molar-refractivity contribution in [2.24, 2.45) is 5.10 Å². The third-order valence-electron chi connectivity index (χ3n) is 3.33. The van der Waals surface area contributed by atoms with E-state index in [0.717, 1.165) is 30.5 Å². The zero-order chi connectivity index (χ0) is 20.1. The zero-order valence-electron chi connectivity index (χ0n) is 13.6. The van der Waals surface area contributed by atoms with Crippen LogP contribution in [0.15, 0.2) is 35.4 Å². The van der Waals surface area contributed by atoms with Crippen molar-refractivity contribution >= 4 is 23.5 Å². The van der Waals surface area contributed by atoms with Gasteiger partial charge < -0.3 is 14.9 Å². The fraction of sp³-hybridized carbons (Fsp3) is 0.0667. The number of rotatable bonds is 6. The van der Waals surface area contributed by atoms with Gasteiger partial charge in [-0.3, -0.25) is 25.0 Å². The Morgan fingerprint density at radius 2 is 1.89 bits per heavy atom. The number of hydrogen-bond acceptors (Lipinski definition) is 9. The first kappa shape index (κ1) is 19.1. The number of carbonyl (C=O) groups excluding carboxylic acids is 1. The van der Waals surface area contributed by atoms with Gasteiger partial charge in [0.25, 0.3) is 11.6 Å². The molecule has 3 N–H and O–H groups in total. The first-order chi connectivity index (χ1) is 12.7. The Hall–Kier alpha value is -4.22. The van der Waals surface area contributed by atoms with Gasteiger partial charge in [0.1, 0.15) is 11.5 Å². The molecule has 0 heterocycles. The van der Waals surface area contributed by atoms with Crippen LogP contribution in [-0.4, -0.2) is 39.3 Å². The van der Waals surface area contributed by atoms with E-state index in [-0.39, 0.29) is 11.3 Å². The van der Waals surface area contributed by atoms with E-state index in [9.17, 15) is 35.2 Å². The van der Waals surface area contributed by atoms with Gasteiger partial charge in [0.2, 0.25) is 5.75 Å². The van der Waals surface area contributed by atoms with Crippen LogP contribution >= 0.6 is 0 Å². The number of amides is 1. The van der Waals surface area contributed by atoms with Gasteiger partial charge in [-0.25, -0.2) is 5.43 Å². The fourth-order valence-corrected chi connectivity index (χ4v) is 2.01. The summed E-state index contributed by atoms with van der Waals surface area (Å²) in [5.74, 6) is -2.10. The normalized spacial score (nSPS) is 10.6. The Labute approximate surface area is 150 Å². The van der Waals surface area contributed by atoms with Crippen LogP contribution in [0.3, 0.4) is 0 Å². The Morgan fingerprint density at radius 1 is 1.19 bits per heavy atom. The second kappa shape index (κ2) is 7.77. The number of ether oxygens (including phenoxy) is 1. The molecule has 0 atom stereocenters. The van der Waals surface area contributed by atoms with E-state index < -0.39 is 44.2 Å². The predicted octanol–water partition coefficient (Wildman–Crippen LogP) is 1.69. The summed E-state index contributed by atoms with van der Waals surface area (Å²) in [7, 11) is 1.27. The van der Waals surface area contributed by atoms with Crippen molar-refractivity contribution in [2.75, 3.05) is 7.11 Å². The lowest BCUT2D eigenvalue weighted by Gasteiger charge is -2.05. The Balaban J connectivity index is 2.27. The summed E-state index contributed by atoms with van der Waals surface area (Å²) in [5, 5.41) is 44.7. The zero-order valence-corrected chi connectivity index (χ0v) is 13.6. The molecule has 0 bridgehead atoms. The Bertz CT molecular complexity index is 957. The number of hydrogen-bond donors (Lipinski definition) is 3. The quantitative estimate of drug-likeness (QED) is 0.387. The number of benzene rings is 2. The number of phenolic OH excluding ortho intramolecular Hbond substituents is 2. The number of methoxy groups -OCH3 is 1. The number of hydrazone groups is 1. The van der Waals surface area contributed by atoms with Gasteiger partial charge >= 0.3 is 5.69 Å². The highest BCUT2D eigenvalue weighted by Gasteiger charge is 2.19. The van der Waals surface area contributed by atoms with Crippen molar-refractivity contribution in [2.45, 2.75) is 0 Å². The standard InChI is InChI=1S/C15H12N4O8/c1-27-10-4-8(14(21)12(6-10)19(25)26)7-16-17-15(22)11-5-9(18(23)24)2-3-13(11)20/h2-7,20-21H,1H3,(H,17,22)/b16-7-. The molecule has 0 aliphatic heterocycles. The molecule has 0 spiro atoms. The molecule has 0 saturated carbocycles. The maximum absolute atomic E-state index is 12.0. The molecule has 0 saturated heterocycles. The monoisotopic (exact) mass is 376 g/mol. The average Bonchev–Trinajstić information content (AvgIpc) is 2.62. The molecule has 0 aromatic heterocycles. The summed E-state index contributed by atoms with van der Waals surface area (Å²) in [4.78, 5) is 32.1. The van der Waals surface area contributed by atoms with E-state index in [4.69, 9.17) is 4.74 Å². The summed E-state index contributed by atoms with van der Waals surface area (Å²) >= 11 is 0. The van der Waals surface area contributed by atoms with Gasteiger partial charge in [0, 0.05) is 17.7 Å². The molecule has 0 fully saturated rings. The number of carbonyl (C=O) groups is 1. The maximum atomic E-state index is 12.0. The Morgan fingerprint density at radius 3 is 2.48 bits per heavy atom. The van der Waals surface area contributed by atoms with Gasteiger partial charge in [0.15, 0.2) is 0 Å². The molecule has 2 rings (SSSR count). The molecule has 27 heavy (non-hydrogen) atoms. The Kier molecular flexibility index (Phi) is 5.50. The summed E-state index contributed by atoms with van der Waals surface area (Å²) in [5.41, 5.74) is 0.432. The molecule has 12 nitrogen and oxygen atoms in total. The van der Waals surface area contributed by atoms with E-state index in [1.54, 1.807) is 0 Å². The van der Waals surface area contributed by atoms with Crippen LogP contribution in [0.4, 0.5) is 11.4 Å². The van der Waals surface area contributed by atoms with Crippen LogP contribution < -0.4 is 10.2 Å². The van der Waals surface area contributed by atoms with Crippen molar-refractivity contribution in [3.05, 3.63) is 61.7 Å². The minimum Gasteiger partial charge on any atom is -0.507 e. The van der Waals surface area contributed by atoms with E-state index in [0.29, 0.717) is 0 Å². The second-order valence-electron chi connectivity index (χ2n) is 5.00. The van der Waals surface area contributed by atoms with Crippen LogP contribution in [0.25, 0.3) is 0 Å². The fourth-order valence-electron chi connectivity index (χ4n) is 2.01. The largest absolute Gasteiger partial charge is 0.507 e. The van der Waals surface area contributed by atoms with Gasteiger partial charge in [-0.15, -0.1) is 0 Å². The van der Waals surface area contributed by atoms with E-state index in [1.165, 1.54) is 13.2 Å². The molecular formula is C15H12N4O8. The number of nitrogens with one attached hydrogen (secondary N) is 1. The van der Waals surface area contributed by atoms with Crippen LogP contribution in [0.1, 0.15) is 15.9 Å². The highest BCUT2D eigenvalue weighted by molar-refractivity contribution is 5.98. The molecule has 140 valence electrons. The lowest BCUT2D eigenvalue weighted by molar-refractivity contribution is -0.386. The summed E-state index contributed by atoms with van der Waals surface area (Å²) in [6.45, 7) is 0. The van der Waals surface area contributed by atoms with Gasteiger partial charge in [-0.05, 0) is 12.1 Å². The smallest absolute Gasteiger partial charge is 0.315 e. The van der Waals surface area contributed by atoms with Gasteiger partial charge in [0.05, 0.1) is 34.8 Å². The van der Waals surface area contributed by atoms with Crippen LogP contribution in [0.2, 0.25) is 0 Å². The molecule has 2 aromatic rings. The number of aromatic hydroxyl groups is 2. The van der Waals surface area contributed by atoms with Crippen molar-refractivity contribution in [3.63, 3.8) is 0 Å². The SMILES string of the molecule is COc1cc(/C=N\NC(=O)c2cc([N+](=O)[O-])ccc2O)c(O)c([N+](=O)[O-])c1. The third kappa shape index (κ3) is 4.25. The average molecular weight is 376 g/mol. The first-order valence-corrected chi connectivity index (χ1v) is 7.10. The van der Waals surface area contributed by atoms with Crippen LogP contribution in [0.5, 0.6) is 17.2 Å². The van der Waals surface area contributed by atoms with Crippen LogP contribution in [-0.2, 0) is 0 Å². The minimum absolute atomic E-state index is 0.0728. The van der Waals surface area contributed by atoms with E-state index in [1.807, 2.05) is 5.43 Å². The maximum Gasteiger partial charge on any atom is 0.315 e. The highest BCUT2D eigenvalue weighted by Crippen LogP contribution is 2.33. The lowest BCUT2D eigenvalue weighted by atomic mass is 10.1. The number of nitro benzene ring substituents is 2. The summed E-state index contributed by atoms with van der Waals surface area (Å²) in [6.07, 6.45) is 0.914. The molecule has 0 aliphatic rings. The molecular weight excluding hydrogens is 364 g/mol. The lowest BCUT2D eigenvalue weighted by Crippen LogP contribution is -2.18. The van der Waals surface area contributed by atoms with Crippen molar-refractivity contribution in [3.8, 4) is 17.2 Å². The van der Waals surface area contributed by atoms with Crippen molar-refractivity contribution in [1.29, 1.82) is 0 Å². The highest BCUT2D eigenvalue weighted by atomic mass is 16.6. The molecule has 1 amide bonds. The number of phenols is 2. The number of nitro groups is 2. The molecule has 12 heteroatoms. The topological polar surface area (TPSA) is 177 Å². The van der Waals surface area contributed by atoms with Crippen molar-refractivity contribution in [1.82, 2.24) is 5.43 Å². The van der Waals surface area contributed by atoms with E-state index >= 15 is 0 Å².